The molecular weight excluding hydrogens is 166 g/mol. The molecule has 0 saturated carbocycles. The third-order valence-electron chi connectivity index (χ3n) is 1.71. The number of aryl methyl sites for hydroxylation is 1. The summed E-state index contributed by atoms with van der Waals surface area (Å²) >= 11 is 0. The van der Waals surface area contributed by atoms with Gasteiger partial charge in [-0.3, -0.25) is 4.68 Å². The van der Waals surface area contributed by atoms with Crippen molar-refractivity contribution in [1.29, 1.82) is 0 Å². The van der Waals surface area contributed by atoms with Crippen LogP contribution in [0.3, 0.4) is 0 Å². The normalized spacial score (nSPS) is 11.8. The van der Waals surface area contributed by atoms with E-state index in [1.807, 2.05) is 31.3 Å². The molecular formula is C9H17N3O. The van der Waals surface area contributed by atoms with Crippen molar-refractivity contribution in [2.45, 2.75) is 19.4 Å². The second kappa shape index (κ2) is 3.38. The maximum atomic E-state index is 9.58. The van der Waals surface area contributed by atoms with Crippen LogP contribution in [0, 0.1) is 0 Å². The third-order valence-corrected chi connectivity index (χ3v) is 1.71. The van der Waals surface area contributed by atoms with Gasteiger partial charge in [0.2, 0.25) is 0 Å². The Morgan fingerprint density at radius 1 is 1.62 bits per heavy atom. The van der Waals surface area contributed by atoms with E-state index in [2.05, 4.69) is 5.10 Å². The molecule has 0 atom stereocenters. The Morgan fingerprint density at radius 2 is 2.23 bits per heavy atom. The zero-order valence-electron chi connectivity index (χ0n) is 8.65. The van der Waals surface area contributed by atoms with E-state index >= 15 is 0 Å². The number of aliphatic hydroxyl groups is 1. The quantitative estimate of drug-likeness (QED) is 0.747. The summed E-state index contributed by atoms with van der Waals surface area (Å²) in [5, 5.41) is 13.8. The largest absolute Gasteiger partial charge is 0.389 e. The number of anilines is 1. The van der Waals surface area contributed by atoms with E-state index in [1.165, 1.54) is 0 Å². The van der Waals surface area contributed by atoms with Gasteiger partial charge < -0.3 is 10.0 Å². The van der Waals surface area contributed by atoms with E-state index in [-0.39, 0.29) is 0 Å². The van der Waals surface area contributed by atoms with Crippen molar-refractivity contribution in [1.82, 2.24) is 9.78 Å². The lowest BCUT2D eigenvalue weighted by Gasteiger charge is -2.25. The first-order valence-electron chi connectivity index (χ1n) is 4.32. The molecule has 0 saturated heterocycles. The number of rotatable bonds is 3. The summed E-state index contributed by atoms with van der Waals surface area (Å²) in [6.45, 7) is 4.14. The molecule has 0 aliphatic carbocycles. The van der Waals surface area contributed by atoms with Gasteiger partial charge in [0, 0.05) is 32.9 Å². The van der Waals surface area contributed by atoms with E-state index in [0.717, 1.165) is 5.82 Å². The van der Waals surface area contributed by atoms with Crippen LogP contribution in [0.25, 0.3) is 0 Å². The highest BCUT2D eigenvalue weighted by Crippen LogP contribution is 2.11. The van der Waals surface area contributed by atoms with Crippen molar-refractivity contribution < 1.29 is 5.11 Å². The highest BCUT2D eigenvalue weighted by molar-refractivity contribution is 5.35. The number of hydrogen-bond acceptors (Lipinski definition) is 3. The van der Waals surface area contributed by atoms with Crippen LogP contribution in [-0.4, -0.2) is 34.1 Å². The molecule has 0 aromatic carbocycles. The van der Waals surface area contributed by atoms with Crippen molar-refractivity contribution >= 4 is 5.82 Å². The molecule has 0 radical (unpaired) electrons. The molecule has 1 heterocycles. The Kier molecular flexibility index (Phi) is 2.61. The molecule has 0 aliphatic rings. The van der Waals surface area contributed by atoms with E-state index in [1.54, 1.807) is 18.5 Å². The second-order valence-corrected chi connectivity index (χ2v) is 4.02. The number of aromatic nitrogens is 2. The molecule has 4 heteroatoms. The predicted molar refractivity (Wildman–Crippen MR) is 52.8 cm³/mol. The average molecular weight is 183 g/mol. The minimum atomic E-state index is -0.688. The molecule has 0 aliphatic heterocycles. The first-order valence-corrected chi connectivity index (χ1v) is 4.32. The van der Waals surface area contributed by atoms with Gasteiger partial charge in [-0.1, -0.05) is 0 Å². The zero-order valence-corrected chi connectivity index (χ0v) is 8.65. The predicted octanol–water partition coefficient (Wildman–Crippen LogP) is 0.627. The molecule has 1 rings (SSSR count). The lowest BCUT2D eigenvalue weighted by Crippen LogP contribution is -2.36. The first kappa shape index (κ1) is 10.1. The maximum absolute atomic E-state index is 9.58. The Morgan fingerprint density at radius 3 is 2.62 bits per heavy atom. The third kappa shape index (κ3) is 3.06. The standard InChI is InChI=1S/C9H17N3O/c1-9(2,13)7-11(3)8-5-6-12(4)10-8/h5-6,13H,7H2,1-4H3. The lowest BCUT2D eigenvalue weighted by atomic mass is 10.1. The van der Waals surface area contributed by atoms with Crippen LogP contribution in [-0.2, 0) is 7.05 Å². The van der Waals surface area contributed by atoms with E-state index in [4.69, 9.17) is 0 Å². The first-order chi connectivity index (χ1) is 5.88. The molecule has 0 fully saturated rings. The zero-order chi connectivity index (χ0) is 10.1. The van der Waals surface area contributed by atoms with Crippen molar-refractivity contribution in [2.24, 2.45) is 7.05 Å². The number of hydrogen-bond donors (Lipinski definition) is 1. The SMILES string of the molecule is CN(CC(C)(C)O)c1ccn(C)n1. The summed E-state index contributed by atoms with van der Waals surface area (Å²) in [6.07, 6.45) is 1.89. The van der Waals surface area contributed by atoms with Crippen LogP contribution in [0.4, 0.5) is 5.82 Å². The van der Waals surface area contributed by atoms with Crippen LogP contribution in [0.1, 0.15) is 13.8 Å². The summed E-state index contributed by atoms with van der Waals surface area (Å²) in [5.41, 5.74) is -0.688. The van der Waals surface area contributed by atoms with Gasteiger partial charge in [0.05, 0.1) is 5.60 Å². The van der Waals surface area contributed by atoms with Gasteiger partial charge in [0.15, 0.2) is 0 Å². The molecule has 1 N–H and O–H groups in total. The Bertz CT molecular complexity index is 275. The van der Waals surface area contributed by atoms with Gasteiger partial charge >= 0.3 is 0 Å². The molecule has 1 aromatic rings. The van der Waals surface area contributed by atoms with Crippen molar-refractivity contribution in [3.63, 3.8) is 0 Å². The fourth-order valence-corrected chi connectivity index (χ4v) is 1.27. The lowest BCUT2D eigenvalue weighted by molar-refractivity contribution is 0.0884. The van der Waals surface area contributed by atoms with Crippen molar-refractivity contribution in [3.05, 3.63) is 12.3 Å². The minimum absolute atomic E-state index is 0.573. The molecule has 74 valence electrons. The summed E-state index contributed by atoms with van der Waals surface area (Å²) < 4.78 is 1.75. The van der Waals surface area contributed by atoms with Crippen LogP contribution in [0.15, 0.2) is 12.3 Å². The molecule has 0 spiro atoms. The Hall–Kier alpha value is -1.03. The van der Waals surface area contributed by atoms with Gasteiger partial charge in [0.25, 0.3) is 0 Å². The van der Waals surface area contributed by atoms with Gasteiger partial charge in [-0.15, -0.1) is 0 Å². The van der Waals surface area contributed by atoms with Crippen LogP contribution in [0.2, 0.25) is 0 Å². The van der Waals surface area contributed by atoms with Crippen molar-refractivity contribution in [3.8, 4) is 0 Å². The van der Waals surface area contributed by atoms with Crippen molar-refractivity contribution in [2.75, 3.05) is 18.5 Å². The van der Waals surface area contributed by atoms with Gasteiger partial charge in [-0.05, 0) is 13.8 Å². The molecule has 13 heavy (non-hydrogen) atoms. The summed E-state index contributed by atoms with van der Waals surface area (Å²) in [4.78, 5) is 1.93. The Labute approximate surface area is 78.8 Å². The summed E-state index contributed by atoms with van der Waals surface area (Å²) in [5.74, 6) is 0.879. The van der Waals surface area contributed by atoms with Gasteiger partial charge in [-0.25, -0.2) is 0 Å². The molecule has 0 amide bonds. The van der Waals surface area contributed by atoms with Gasteiger partial charge in [-0.2, -0.15) is 5.10 Å². The fraction of sp³-hybridized carbons (Fsp3) is 0.667. The Balaban J connectivity index is 2.64. The topological polar surface area (TPSA) is 41.3 Å². The highest BCUT2D eigenvalue weighted by Gasteiger charge is 2.16. The van der Waals surface area contributed by atoms with E-state index in [0.29, 0.717) is 6.54 Å². The molecule has 1 aromatic heterocycles. The summed E-state index contributed by atoms with van der Waals surface area (Å²) in [7, 11) is 3.79. The second-order valence-electron chi connectivity index (χ2n) is 4.02. The number of nitrogens with zero attached hydrogens (tertiary/aromatic N) is 3. The fourth-order valence-electron chi connectivity index (χ4n) is 1.27. The van der Waals surface area contributed by atoms with E-state index < -0.39 is 5.60 Å². The highest BCUT2D eigenvalue weighted by atomic mass is 16.3. The van der Waals surface area contributed by atoms with Gasteiger partial charge in [0.1, 0.15) is 5.82 Å². The van der Waals surface area contributed by atoms with Crippen LogP contribution >= 0.6 is 0 Å². The minimum Gasteiger partial charge on any atom is -0.389 e. The molecule has 0 unspecified atom stereocenters. The number of likely N-dealkylation sites (N-methyl/N-ethyl adjacent to an activating group) is 1. The van der Waals surface area contributed by atoms with E-state index in [9.17, 15) is 5.11 Å². The average Bonchev–Trinajstić information content (AvgIpc) is 2.31. The molecule has 0 bridgehead atoms. The molecule has 4 nitrogen and oxygen atoms in total. The maximum Gasteiger partial charge on any atom is 0.150 e. The van der Waals surface area contributed by atoms with Crippen LogP contribution < -0.4 is 4.90 Å². The summed E-state index contributed by atoms with van der Waals surface area (Å²) in [6, 6.07) is 1.92. The smallest absolute Gasteiger partial charge is 0.150 e. The monoisotopic (exact) mass is 183 g/mol. The van der Waals surface area contributed by atoms with Crippen LogP contribution in [0.5, 0.6) is 0 Å².